The van der Waals surface area contributed by atoms with Crippen molar-refractivity contribution < 1.29 is 17.7 Å². The van der Waals surface area contributed by atoms with E-state index in [-0.39, 0.29) is 18.0 Å². The number of ether oxygens (including phenoxy) is 1. The quantitative estimate of drug-likeness (QED) is 0.575. The molecule has 1 aliphatic rings. The summed E-state index contributed by atoms with van der Waals surface area (Å²) in [6, 6.07) is 12.6. The topological polar surface area (TPSA) is 118 Å². The van der Waals surface area contributed by atoms with Crippen LogP contribution in [-0.2, 0) is 16.4 Å². The molecule has 0 fully saturated rings. The zero-order valence-corrected chi connectivity index (χ0v) is 18.5. The Hall–Kier alpha value is -3.48. The van der Waals surface area contributed by atoms with Crippen LogP contribution in [0.1, 0.15) is 43.0 Å². The number of fused-ring (bicyclic) bond motifs is 1. The Labute approximate surface area is 186 Å². The average molecular weight is 451 g/mol. The van der Waals surface area contributed by atoms with Crippen molar-refractivity contribution in [2.24, 2.45) is 0 Å². The van der Waals surface area contributed by atoms with Gasteiger partial charge >= 0.3 is 0 Å². The van der Waals surface area contributed by atoms with E-state index in [1.54, 1.807) is 18.2 Å². The standard InChI is InChI=1S/C23H22N4O4S/c1-4-32(28,29)27-20-12-11-16-17(20)8-6-9-18(16)22-25-23(31-26-22)19-10-5-7-15(13-24)21(19)30-14(2)3/h4-10,14,20,27H,1,11-12H2,2-3H3. The minimum absolute atomic E-state index is 0.140. The van der Waals surface area contributed by atoms with E-state index in [9.17, 15) is 13.7 Å². The highest BCUT2D eigenvalue weighted by atomic mass is 32.2. The van der Waals surface area contributed by atoms with Crippen LogP contribution >= 0.6 is 0 Å². The molecule has 4 rings (SSSR count). The van der Waals surface area contributed by atoms with Crippen molar-refractivity contribution in [1.82, 2.24) is 14.9 Å². The Kier molecular flexibility index (Phi) is 5.82. The number of hydrogen-bond acceptors (Lipinski definition) is 7. The lowest BCUT2D eigenvalue weighted by atomic mass is 10.0. The van der Waals surface area contributed by atoms with E-state index >= 15 is 0 Å². The molecule has 0 saturated heterocycles. The normalized spacial score (nSPS) is 15.4. The molecular weight excluding hydrogens is 428 g/mol. The van der Waals surface area contributed by atoms with Gasteiger partial charge in [-0.25, -0.2) is 13.1 Å². The first-order valence-corrected chi connectivity index (χ1v) is 11.7. The van der Waals surface area contributed by atoms with Crippen molar-refractivity contribution in [1.29, 1.82) is 5.26 Å². The molecule has 9 heteroatoms. The highest BCUT2D eigenvalue weighted by molar-refractivity contribution is 7.92. The van der Waals surface area contributed by atoms with Crippen molar-refractivity contribution in [3.63, 3.8) is 0 Å². The third-order valence-electron chi connectivity index (χ3n) is 5.18. The average Bonchev–Trinajstić information content (AvgIpc) is 3.41. The molecule has 0 amide bonds. The van der Waals surface area contributed by atoms with Gasteiger partial charge in [-0.2, -0.15) is 10.2 Å². The fraction of sp³-hybridized carbons (Fsp3) is 0.261. The molecule has 1 aliphatic carbocycles. The number of para-hydroxylation sites is 1. The predicted octanol–water partition coefficient (Wildman–Crippen LogP) is 4.11. The zero-order valence-electron chi connectivity index (χ0n) is 17.7. The Balaban J connectivity index is 1.72. The van der Waals surface area contributed by atoms with Gasteiger partial charge < -0.3 is 9.26 Å². The lowest BCUT2D eigenvalue weighted by Crippen LogP contribution is -2.25. The molecule has 1 aromatic heterocycles. The summed E-state index contributed by atoms with van der Waals surface area (Å²) in [5, 5.41) is 14.5. The highest BCUT2D eigenvalue weighted by Crippen LogP contribution is 2.39. The Morgan fingerprint density at radius 3 is 2.75 bits per heavy atom. The molecule has 3 aromatic rings. The molecule has 1 N–H and O–H groups in total. The van der Waals surface area contributed by atoms with E-state index in [4.69, 9.17) is 9.26 Å². The molecule has 2 aromatic carbocycles. The minimum atomic E-state index is -3.55. The van der Waals surface area contributed by atoms with E-state index in [0.717, 1.165) is 22.1 Å². The predicted molar refractivity (Wildman–Crippen MR) is 119 cm³/mol. The molecule has 164 valence electrons. The number of rotatable bonds is 7. The summed E-state index contributed by atoms with van der Waals surface area (Å²) < 4.78 is 37.9. The molecule has 1 atom stereocenters. The molecule has 1 heterocycles. The maximum absolute atomic E-state index is 11.9. The molecule has 0 radical (unpaired) electrons. The van der Waals surface area contributed by atoms with E-state index in [1.807, 2.05) is 32.0 Å². The first-order valence-electron chi connectivity index (χ1n) is 10.1. The van der Waals surface area contributed by atoms with Gasteiger partial charge in [0.15, 0.2) is 0 Å². The first kappa shape index (κ1) is 21.7. The Morgan fingerprint density at radius 2 is 2.03 bits per heavy atom. The van der Waals surface area contributed by atoms with Gasteiger partial charge in [-0.1, -0.05) is 36.0 Å². The summed E-state index contributed by atoms with van der Waals surface area (Å²) in [4.78, 5) is 4.57. The second-order valence-electron chi connectivity index (χ2n) is 7.68. The maximum atomic E-state index is 11.9. The number of nitriles is 1. The number of hydrogen-bond donors (Lipinski definition) is 1. The lowest BCUT2D eigenvalue weighted by molar-refractivity contribution is 0.242. The van der Waals surface area contributed by atoms with Crippen LogP contribution in [0, 0.1) is 11.3 Å². The van der Waals surface area contributed by atoms with Crippen LogP contribution in [-0.4, -0.2) is 24.7 Å². The molecule has 1 unspecified atom stereocenters. The molecule has 32 heavy (non-hydrogen) atoms. The van der Waals surface area contributed by atoms with E-state index in [1.165, 1.54) is 0 Å². The number of sulfonamides is 1. The van der Waals surface area contributed by atoms with E-state index < -0.39 is 10.0 Å². The van der Waals surface area contributed by atoms with Crippen LogP contribution in [0.4, 0.5) is 0 Å². The van der Waals surface area contributed by atoms with Crippen LogP contribution < -0.4 is 9.46 Å². The number of nitrogens with zero attached hydrogens (tertiary/aromatic N) is 3. The fourth-order valence-corrected chi connectivity index (χ4v) is 4.57. The van der Waals surface area contributed by atoms with Crippen molar-refractivity contribution >= 4 is 10.0 Å². The number of benzene rings is 2. The summed E-state index contributed by atoms with van der Waals surface area (Å²) in [5.74, 6) is 1.03. The molecule has 0 aliphatic heterocycles. The van der Waals surface area contributed by atoms with Gasteiger partial charge in [0.2, 0.25) is 15.8 Å². The summed E-state index contributed by atoms with van der Waals surface area (Å²) in [6.07, 6.45) is 1.16. The molecule has 0 saturated carbocycles. The highest BCUT2D eigenvalue weighted by Gasteiger charge is 2.29. The van der Waals surface area contributed by atoms with Gasteiger partial charge in [-0.3, -0.25) is 0 Å². The Morgan fingerprint density at radius 1 is 1.28 bits per heavy atom. The third kappa shape index (κ3) is 4.15. The second-order valence-corrected chi connectivity index (χ2v) is 9.34. The second kappa shape index (κ2) is 8.57. The molecular formula is C23H22N4O4S. The SMILES string of the molecule is C=CS(=O)(=O)NC1CCc2c(-c3noc(-c4cccc(C#N)c4OC(C)C)n3)cccc21. The monoisotopic (exact) mass is 450 g/mol. The van der Waals surface area contributed by atoms with Gasteiger partial charge in [0.25, 0.3) is 5.89 Å². The van der Waals surface area contributed by atoms with Crippen molar-refractivity contribution in [2.75, 3.05) is 0 Å². The molecule has 0 spiro atoms. The van der Waals surface area contributed by atoms with Gasteiger partial charge in [0.05, 0.1) is 17.2 Å². The zero-order chi connectivity index (χ0) is 22.9. The van der Waals surface area contributed by atoms with Gasteiger partial charge in [0, 0.05) is 17.0 Å². The molecule has 0 bridgehead atoms. The van der Waals surface area contributed by atoms with Gasteiger partial charge in [-0.05, 0) is 49.9 Å². The lowest BCUT2D eigenvalue weighted by Gasteiger charge is -2.13. The summed E-state index contributed by atoms with van der Waals surface area (Å²) in [5.41, 5.74) is 3.56. The number of aromatic nitrogens is 2. The van der Waals surface area contributed by atoms with Crippen molar-refractivity contribution in [3.05, 3.63) is 65.1 Å². The van der Waals surface area contributed by atoms with Crippen LogP contribution in [0.15, 0.2) is 52.9 Å². The van der Waals surface area contributed by atoms with Gasteiger partial charge in [-0.15, -0.1) is 0 Å². The van der Waals surface area contributed by atoms with Crippen LogP contribution in [0.5, 0.6) is 5.75 Å². The molecule has 8 nitrogen and oxygen atoms in total. The largest absolute Gasteiger partial charge is 0.489 e. The smallest absolute Gasteiger partial charge is 0.262 e. The van der Waals surface area contributed by atoms with Gasteiger partial charge in [0.1, 0.15) is 11.8 Å². The van der Waals surface area contributed by atoms with Crippen LogP contribution in [0.25, 0.3) is 22.8 Å². The third-order valence-corrected chi connectivity index (χ3v) is 6.23. The minimum Gasteiger partial charge on any atom is -0.489 e. The summed E-state index contributed by atoms with van der Waals surface area (Å²) >= 11 is 0. The summed E-state index contributed by atoms with van der Waals surface area (Å²) in [6.45, 7) is 7.10. The van der Waals surface area contributed by atoms with Crippen molar-refractivity contribution in [2.45, 2.75) is 38.8 Å². The Bertz CT molecular complexity index is 1320. The van der Waals surface area contributed by atoms with E-state index in [0.29, 0.717) is 35.5 Å². The van der Waals surface area contributed by atoms with E-state index in [2.05, 4.69) is 27.5 Å². The fourth-order valence-electron chi connectivity index (χ4n) is 3.83. The van der Waals surface area contributed by atoms with Crippen molar-refractivity contribution in [3.8, 4) is 34.7 Å². The van der Waals surface area contributed by atoms with Crippen LogP contribution in [0.2, 0.25) is 0 Å². The first-order chi connectivity index (χ1) is 15.3. The summed E-state index contributed by atoms with van der Waals surface area (Å²) in [7, 11) is -3.55. The maximum Gasteiger partial charge on any atom is 0.262 e. The number of nitrogens with one attached hydrogen (secondary N) is 1. The van der Waals surface area contributed by atoms with Crippen LogP contribution in [0.3, 0.4) is 0 Å².